The van der Waals surface area contributed by atoms with E-state index in [1.807, 2.05) is 0 Å². The lowest BCUT2D eigenvalue weighted by Crippen LogP contribution is -2.56. The molecule has 1 aromatic rings. The Bertz CT molecular complexity index is 963. The Labute approximate surface area is 206 Å². The largest absolute Gasteiger partial charge is 0.415 e. The second kappa shape index (κ2) is 9.62. The summed E-state index contributed by atoms with van der Waals surface area (Å²) in [5, 5.41) is 5.54. The lowest BCUT2D eigenvalue weighted by Gasteiger charge is -2.53. The number of carbonyl (C=O) groups excluding carboxylic acids is 2. The van der Waals surface area contributed by atoms with E-state index in [9.17, 15) is 22.8 Å². The van der Waals surface area contributed by atoms with Gasteiger partial charge in [-0.05, 0) is 74.8 Å². The van der Waals surface area contributed by atoms with Crippen molar-refractivity contribution in [2.45, 2.75) is 83.5 Å². The summed E-state index contributed by atoms with van der Waals surface area (Å²) in [5.41, 5.74) is -2.53. The highest BCUT2D eigenvalue weighted by Gasteiger charge is 2.54. The number of fused-ring (bicyclic) bond motifs is 3. The lowest BCUT2D eigenvalue weighted by atomic mass is 9.55. The molecule has 0 spiro atoms. The first-order valence-corrected chi connectivity index (χ1v) is 12.9. The second-order valence-corrected chi connectivity index (χ2v) is 11.3. The van der Waals surface area contributed by atoms with Crippen molar-refractivity contribution >= 4 is 11.8 Å². The summed E-state index contributed by atoms with van der Waals surface area (Å²) in [5.74, 6) is 0.209. The molecule has 1 aliphatic heterocycles. The van der Waals surface area contributed by atoms with Crippen LogP contribution < -0.4 is 10.6 Å². The highest BCUT2D eigenvalue weighted by atomic mass is 19.4. The number of amides is 2. The van der Waals surface area contributed by atoms with Gasteiger partial charge in [-0.3, -0.25) is 9.59 Å². The molecule has 2 fully saturated rings. The Morgan fingerprint density at radius 1 is 1.06 bits per heavy atom. The third-order valence-corrected chi connectivity index (χ3v) is 9.20. The third-order valence-electron chi connectivity index (χ3n) is 9.20. The predicted octanol–water partition coefficient (Wildman–Crippen LogP) is 5.88. The number of carbonyl (C=O) groups is 2. The van der Waals surface area contributed by atoms with Crippen molar-refractivity contribution in [3.8, 4) is 0 Å². The molecule has 2 aliphatic carbocycles. The highest BCUT2D eigenvalue weighted by molar-refractivity contribution is 5.89. The molecule has 0 bridgehead atoms. The van der Waals surface area contributed by atoms with E-state index < -0.39 is 23.5 Å². The van der Waals surface area contributed by atoms with Crippen LogP contribution in [0.1, 0.15) is 71.3 Å². The standard InChI is InChI=1S/C28H37F3N2O2/c1-18-12-13-19(25(35)33-27(3,28(29,30)31)20-9-5-4-6-10-20)8-7-11-22-21(18)14-15-23-26(22,2)17-16-24(34)32-23/h4-6,9-10,16-19,21-23H,7-8,11-15H2,1-3H3,(H,32,34)(H,33,35)/t18?,19-,21?,22?,23?,26-,27-/m1/s1. The van der Waals surface area contributed by atoms with E-state index in [0.29, 0.717) is 30.6 Å². The van der Waals surface area contributed by atoms with Crippen LogP contribution in [0.2, 0.25) is 0 Å². The minimum atomic E-state index is -4.62. The fourth-order valence-electron chi connectivity index (χ4n) is 6.84. The first-order chi connectivity index (χ1) is 16.5. The summed E-state index contributed by atoms with van der Waals surface area (Å²) in [6.07, 6.45) is 4.72. The Kier molecular flexibility index (Phi) is 7.09. The molecule has 2 N–H and O–H groups in total. The number of alkyl halides is 3. The lowest BCUT2D eigenvalue weighted by molar-refractivity contribution is -0.198. The van der Waals surface area contributed by atoms with Crippen molar-refractivity contribution in [2.75, 3.05) is 0 Å². The zero-order valence-corrected chi connectivity index (χ0v) is 20.8. The van der Waals surface area contributed by atoms with E-state index in [1.165, 1.54) is 12.1 Å². The zero-order valence-electron chi connectivity index (χ0n) is 20.8. The molecule has 0 aromatic heterocycles. The van der Waals surface area contributed by atoms with Gasteiger partial charge in [0.15, 0.2) is 5.54 Å². The van der Waals surface area contributed by atoms with E-state index in [2.05, 4.69) is 30.6 Å². The zero-order chi connectivity index (χ0) is 25.4. The minimum absolute atomic E-state index is 0.0356. The molecule has 4 rings (SSSR count). The monoisotopic (exact) mass is 490 g/mol. The van der Waals surface area contributed by atoms with Crippen LogP contribution in [0.5, 0.6) is 0 Å². The maximum atomic E-state index is 14.2. The molecule has 7 heteroatoms. The summed E-state index contributed by atoms with van der Waals surface area (Å²) in [6.45, 7) is 5.50. The Balaban J connectivity index is 1.52. The van der Waals surface area contributed by atoms with Gasteiger partial charge >= 0.3 is 6.18 Å². The number of rotatable bonds is 3. The highest BCUT2D eigenvalue weighted by Crippen LogP contribution is 2.52. The smallest absolute Gasteiger partial charge is 0.349 e. The van der Waals surface area contributed by atoms with Gasteiger partial charge in [0.2, 0.25) is 11.8 Å². The molecule has 1 aromatic carbocycles. The van der Waals surface area contributed by atoms with Crippen LogP contribution in [0, 0.1) is 29.1 Å². The van der Waals surface area contributed by atoms with Gasteiger partial charge in [-0.25, -0.2) is 0 Å². The van der Waals surface area contributed by atoms with Gasteiger partial charge in [0.25, 0.3) is 0 Å². The average molecular weight is 491 g/mol. The van der Waals surface area contributed by atoms with Crippen LogP contribution in [-0.4, -0.2) is 24.0 Å². The van der Waals surface area contributed by atoms with Crippen LogP contribution in [0.15, 0.2) is 42.5 Å². The topological polar surface area (TPSA) is 58.2 Å². The summed E-state index contributed by atoms with van der Waals surface area (Å²) in [7, 11) is 0. The van der Waals surface area contributed by atoms with E-state index in [1.54, 1.807) is 24.3 Å². The summed E-state index contributed by atoms with van der Waals surface area (Å²) in [4.78, 5) is 25.2. The molecular formula is C28H37F3N2O2. The molecule has 4 unspecified atom stereocenters. The second-order valence-electron chi connectivity index (χ2n) is 11.3. The van der Waals surface area contributed by atoms with Crippen molar-refractivity contribution in [2.24, 2.45) is 29.1 Å². The fraction of sp³-hybridized carbons (Fsp3) is 0.643. The molecule has 0 saturated heterocycles. The van der Waals surface area contributed by atoms with Crippen LogP contribution in [-0.2, 0) is 15.1 Å². The first kappa shape index (κ1) is 25.8. The van der Waals surface area contributed by atoms with Crippen molar-refractivity contribution < 1.29 is 22.8 Å². The molecule has 192 valence electrons. The van der Waals surface area contributed by atoms with Crippen molar-refractivity contribution in [1.82, 2.24) is 10.6 Å². The number of nitrogens with one attached hydrogen (secondary N) is 2. The fourth-order valence-corrected chi connectivity index (χ4v) is 6.84. The van der Waals surface area contributed by atoms with Crippen LogP contribution in [0.4, 0.5) is 13.2 Å². The number of benzene rings is 1. The minimum Gasteiger partial charge on any atom is -0.349 e. The van der Waals surface area contributed by atoms with Crippen molar-refractivity contribution in [3.05, 3.63) is 48.0 Å². The summed E-state index contributed by atoms with van der Waals surface area (Å²) in [6, 6.07) is 7.73. The molecule has 7 atom stereocenters. The van der Waals surface area contributed by atoms with Gasteiger partial charge in [0, 0.05) is 17.4 Å². The number of halogens is 3. The maximum absolute atomic E-state index is 14.2. The molecule has 0 radical (unpaired) electrons. The van der Waals surface area contributed by atoms with Crippen molar-refractivity contribution in [1.29, 1.82) is 0 Å². The predicted molar refractivity (Wildman–Crippen MR) is 129 cm³/mol. The van der Waals surface area contributed by atoms with E-state index in [-0.39, 0.29) is 22.9 Å². The quantitative estimate of drug-likeness (QED) is 0.556. The molecule has 1 heterocycles. The molecule has 2 saturated carbocycles. The van der Waals surface area contributed by atoms with Crippen LogP contribution >= 0.6 is 0 Å². The van der Waals surface area contributed by atoms with Gasteiger partial charge in [-0.2, -0.15) is 13.2 Å². The van der Waals surface area contributed by atoms with Gasteiger partial charge < -0.3 is 10.6 Å². The average Bonchev–Trinajstić information content (AvgIpc) is 2.89. The van der Waals surface area contributed by atoms with Gasteiger partial charge in [0.05, 0.1) is 0 Å². The first-order valence-electron chi connectivity index (χ1n) is 12.9. The van der Waals surface area contributed by atoms with Gasteiger partial charge in [-0.15, -0.1) is 0 Å². The van der Waals surface area contributed by atoms with E-state index in [0.717, 1.165) is 39.0 Å². The number of hydrogen-bond donors (Lipinski definition) is 2. The molecular weight excluding hydrogens is 453 g/mol. The molecule has 4 nitrogen and oxygen atoms in total. The van der Waals surface area contributed by atoms with Crippen LogP contribution in [0.25, 0.3) is 0 Å². The summed E-state index contributed by atoms with van der Waals surface area (Å²) < 4.78 is 42.5. The maximum Gasteiger partial charge on any atom is 0.415 e. The van der Waals surface area contributed by atoms with Gasteiger partial charge in [0.1, 0.15) is 0 Å². The molecule has 35 heavy (non-hydrogen) atoms. The number of hydrogen-bond acceptors (Lipinski definition) is 2. The molecule has 3 aliphatic rings. The Hall–Kier alpha value is -2.31. The SMILES string of the molecule is CC1CC[C@H](C(=O)N[C@](C)(c2ccccc2)C(F)(F)F)CCCC2C1CCC1NC(=O)C=C[C@@]12C. The third kappa shape index (κ3) is 4.88. The van der Waals surface area contributed by atoms with Crippen molar-refractivity contribution in [3.63, 3.8) is 0 Å². The van der Waals surface area contributed by atoms with E-state index >= 15 is 0 Å². The Morgan fingerprint density at radius 2 is 1.77 bits per heavy atom. The van der Waals surface area contributed by atoms with Gasteiger partial charge in [-0.1, -0.05) is 56.7 Å². The molecule has 2 amide bonds. The van der Waals surface area contributed by atoms with Crippen LogP contribution in [0.3, 0.4) is 0 Å². The van der Waals surface area contributed by atoms with E-state index in [4.69, 9.17) is 0 Å². The Morgan fingerprint density at radius 3 is 2.46 bits per heavy atom. The summed E-state index contributed by atoms with van der Waals surface area (Å²) >= 11 is 0. The normalized spacial score (nSPS) is 35.3.